The highest BCUT2D eigenvalue weighted by atomic mass is 15.2. The number of nitrogens with two attached hydrogens (primary N) is 1. The molecule has 0 spiro atoms. The van der Waals surface area contributed by atoms with E-state index in [0.29, 0.717) is 6.54 Å². The van der Waals surface area contributed by atoms with Crippen LogP contribution >= 0.6 is 0 Å². The van der Waals surface area contributed by atoms with Gasteiger partial charge in [-0.05, 0) is 38.1 Å². The first-order valence-electron chi connectivity index (χ1n) is 5.87. The van der Waals surface area contributed by atoms with E-state index in [0.717, 1.165) is 19.5 Å². The second-order valence-corrected chi connectivity index (χ2v) is 4.97. The average molecular weight is 219 g/mol. The molecule has 3 nitrogen and oxygen atoms in total. The molecule has 1 heterocycles. The molecule has 1 saturated heterocycles. The van der Waals surface area contributed by atoms with Crippen LogP contribution in [0.15, 0.2) is 24.3 Å². The van der Waals surface area contributed by atoms with Crippen molar-refractivity contribution in [3.63, 3.8) is 0 Å². The summed E-state index contributed by atoms with van der Waals surface area (Å²) in [7, 11) is 2.15. The van der Waals surface area contributed by atoms with Gasteiger partial charge in [-0.25, -0.2) is 0 Å². The predicted octanol–water partition coefficient (Wildman–Crippen LogP) is 1.44. The van der Waals surface area contributed by atoms with E-state index in [1.807, 2.05) is 0 Å². The number of hydrogen-bond donors (Lipinski definition) is 2. The monoisotopic (exact) mass is 219 g/mol. The number of likely N-dealkylation sites (N-methyl/N-ethyl adjacent to an activating group) is 1. The third-order valence-electron chi connectivity index (χ3n) is 3.36. The molecule has 1 unspecified atom stereocenters. The normalized spacial score (nSPS) is 25.9. The second-order valence-electron chi connectivity index (χ2n) is 4.97. The average Bonchev–Trinajstić information content (AvgIpc) is 2.61. The summed E-state index contributed by atoms with van der Waals surface area (Å²) in [6.07, 6.45) is 1.12. The lowest BCUT2D eigenvalue weighted by molar-refractivity contribution is 0.385. The molecule has 2 rings (SSSR count). The molecular formula is C13H21N3. The lowest BCUT2D eigenvalue weighted by atomic mass is 9.98. The molecule has 1 atom stereocenters. The Morgan fingerprint density at radius 2 is 2.31 bits per heavy atom. The van der Waals surface area contributed by atoms with Gasteiger partial charge in [0.05, 0.1) is 5.54 Å². The number of nitrogens with zero attached hydrogens (tertiary/aromatic N) is 1. The van der Waals surface area contributed by atoms with Crippen molar-refractivity contribution in [2.24, 2.45) is 5.73 Å². The van der Waals surface area contributed by atoms with Crippen molar-refractivity contribution in [2.75, 3.05) is 32.0 Å². The van der Waals surface area contributed by atoms with E-state index in [1.165, 1.54) is 11.3 Å². The van der Waals surface area contributed by atoms with Gasteiger partial charge in [0, 0.05) is 25.3 Å². The van der Waals surface area contributed by atoms with Gasteiger partial charge in [-0.2, -0.15) is 0 Å². The third kappa shape index (κ3) is 2.36. The summed E-state index contributed by atoms with van der Waals surface area (Å²) in [4.78, 5) is 2.33. The fraction of sp³-hybridized carbons (Fsp3) is 0.538. The largest absolute Gasteiger partial charge is 0.377 e. The predicted molar refractivity (Wildman–Crippen MR) is 68.7 cm³/mol. The maximum Gasteiger partial charge on any atom is 0.0634 e. The molecule has 1 aliphatic heterocycles. The number of benzene rings is 1. The first-order chi connectivity index (χ1) is 7.63. The highest BCUT2D eigenvalue weighted by Gasteiger charge is 2.35. The molecule has 0 aliphatic carbocycles. The van der Waals surface area contributed by atoms with Crippen LogP contribution in [0, 0.1) is 6.92 Å². The summed E-state index contributed by atoms with van der Waals surface area (Å²) in [5.41, 5.74) is 8.45. The summed E-state index contributed by atoms with van der Waals surface area (Å²) in [5, 5.41) is 3.61. The van der Waals surface area contributed by atoms with Gasteiger partial charge in [0.2, 0.25) is 0 Å². The van der Waals surface area contributed by atoms with Gasteiger partial charge in [-0.1, -0.05) is 12.1 Å². The molecule has 16 heavy (non-hydrogen) atoms. The Hall–Kier alpha value is -1.06. The van der Waals surface area contributed by atoms with Crippen molar-refractivity contribution >= 4 is 5.69 Å². The van der Waals surface area contributed by atoms with Crippen LogP contribution in [-0.4, -0.2) is 37.1 Å². The van der Waals surface area contributed by atoms with Crippen LogP contribution < -0.4 is 11.1 Å². The van der Waals surface area contributed by atoms with Crippen LogP contribution in [0.4, 0.5) is 5.69 Å². The summed E-state index contributed by atoms with van der Waals surface area (Å²) >= 11 is 0. The molecule has 1 aromatic carbocycles. The lowest BCUT2D eigenvalue weighted by Crippen LogP contribution is -2.47. The molecule has 0 bridgehead atoms. The van der Waals surface area contributed by atoms with E-state index in [1.54, 1.807) is 0 Å². The van der Waals surface area contributed by atoms with E-state index >= 15 is 0 Å². The first-order valence-corrected chi connectivity index (χ1v) is 5.87. The fourth-order valence-electron chi connectivity index (χ4n) is 2.43. The summed E-state index contributed by atoms with van der Waals surface area (Å²) in [5.74, 6) is 0. The van der Waals surface area contributed by atoms with Crippen molar-refractivity contribution in [1.29, 1.82) is 0 Å². The van der Waals surface area contributed by atoms with Crippen LogP contribution in [0.3, 0.4) is 0 Å². The van der Waals surface area contributed by atoms with Gasteiger partial charge in [0.1, 0.15) is 0 Å². The maximum absolute atomic E-state index is 5.93. The van der Waals surface area contributed by atoms with Gasteiger partial charge >= 0.3 is 0 Å². The van der Waals surface area contributed by atoms with Crippen molar-refractivity contribution in [1.82, 2.24) is 4.90 Å². The Bertz CT molecular complexity index is 364. The number of anilines is 1. The quantitative estimate of drug-likeness (QED) is 0.808. The molecule has 0 aromatic heterocycles. The number of nitrogens with one attached hydrogen (secondary N) is 1. The Kier molecular flexibility index (Phi) is 3.17. The Morgan fingerprint density at radius 3 is 2.88 bits per heavy atom. The summed E-state index contributed by atoms with van der Waals surface area (Å²) in [6, 6.07) is 8.49. The maximum atomic E-state index is 5.93. The highest BCUT2D eigenvalue weighted by Crippen LogP contribution is 2.24. The van der Waals surface area contributed by atoms with Gasteiger partial charge in [0.15, 0.2) is 0 Å². The van der Waals surface area contributed by atoms with Crippen molar-refractivity contribution < 1.29 is 0 Å². The highest BCUT2D eigenvalue weighted by molar-refractivity contribution is 5.48. The number of rotatable bonds is 3. The molecular weight excluding hydrogens is 198 g/mol. The van der Waals surface area contributed by atoms with Crippen molar-refractivity contribution in [3.05, 3.63) is 29.8 Å². The van der Waals surface area contributed by atoms with Crippen LogP contribution in [0.5, 0.6) is 0 Å². The van der Waals surface area contributed by atoms with Crippen molar-refractivity contribution in [2.45, 2.75) is 18.9 Å². The Labute approximate surface area is 97.6 Å². The lowest BCUT2D eigenvalue weighted by Gasteiger charge is -2.30. The van der Waals surface area contributed by atoms with Crippen LogP contribution in [0.2, 0.25) is 0 Å². The molecule has 88 valence electrons. The first kappa shape index (κ1) is 11.4. The van der Waals surface area contributed by atoms with E-state index in [4.69, 9.17) is 5.73 Å². The van der Waals surface area contributed by atoms with Gasteiger partial charge < -0.3 is 16.0 Å². The van der Waals surface area contributed by atoms with Crippen LogP contribution in [0.1, 0.15) is 12.0 Å². The minimum Gasteiger partial charge on any atom is -0.377 e. The summed E-state index contributed by atoms with van der Waals surface area (Å²) in [6.45, 7) is 4.94. The molecule has 1 aliphatic rings. The SMILES string of the molecule is Cc1cccc(NC2(CN)CCN(C)C2)c1. The van der Waals surface area contributed by atoms with Crippen molar-refractivity contribution in [3.8, 4) is 0 Å². The number of hydrogen-bond acceptors (Lipinski definition) is 3. The third-order valence-corrected chi connectivity index (χ3v) is 3.36. The van der Waals surface area contributed by atoms with Gasteiger partial charge in [0.25, 0.3) is 0 Å². The molecule has 3 N–H and O–H groups in total. The van der Waals surface area contributed by atoms with E-state index < -0.39 is 0 Å². The van der Waals surface area contributed by atoms with Gasteiger partial charge in [-0.3, -0.25) is 0 Å². The molecule has 0 radical (unpaired) electrons. The summed E-state index contributed by atoms with van der Waals surface area (Å²) < 4.78 is 0. The number of aryl methyl sites for hydroxylation is 1. The zero-order valence-corrected chi connectivity index (χ0v) is 10.2. The van der Waals surface area contributed by atoms with E-state index in [-0.39, 0.29) is 5.54 Å². The van der Waals surface area contributed by atoms with Crippen LogP contribution in [-0.2, 0) is 0 Å². The zero-order chi connectivity index (χ0) is 11.6. The topological polar surface area (TPSA) is 41.3 Å². The number of likely N-dealkylation sites (tertiary alicyclic amines) is 1. The Balaban J connectivity index is 2.13. The smallest absolute Gasteiger partial charge is 0.0634 e. The van der Waals surface area contributed by atoms with Gasteiger partial charge in [-0.15, -0.1) is 0 Å². The second kappa shape index (κ2) is 4.44. The molecule has 0 amide bonds. The minimum absolute atomic E-state index is 0.0581. The minimum atomic E-state index is 0.0581. The van der Waals surface area contributed by atoms with E-state index in [2.05, 4.69) is 48.5 Å². The zero-order valence-electron chi connectivity index (χ0n) is 10.2. The molecule has 0 saturated carbocycles. The molecule has 3 heteroatoms. The van der Waals surface area contributed by atoms with E-state index in [9.17, 15) is 0 Å². The standard InChI is InChI=1S/C13H21N3/c1-11-4-3-5-12(8-11)15-13(9-14)6-7-16(2)10-13/h3-5,8,15H,6-7,9-10,14H2,1-2H3. The van der Waals surface area contributed by atoms with Crippen LogP contribution in [0.25, 0.3) is 0 Å². The fourth-order valence-corrected chi connectivity index (χ4v) is 2.43. The Morgan fingerprint density at radius 1 is 1.50 bits per heavy atom. The molecule has 1 fully saturated rings. The molecule has 1 aromatic rings.